The zero-order valence-corrected chi connectivity index (χ0v) is 14.7. The Morgan fingerprint density at radius 2 is 1.74 bits per heavy atom. The Labute approximate surface area is 154 Å². The minimum atomic E-state index is -5.08. The fourth-order valence-electron chi connectivity index (χ4n) is 3.28. The van der Waals surface area contributed by atoms with Gasteiger partial charge in [-0.15, -0.1) is 6.58 Å². The van der Waals surface area contributed by atoms with Crippen LogP contribution >= 0.6 is 0 Å². The van der Waals surface area contributed by atoms with Gasteiger partial charge in [-0.2, -0.15) is 13.2 Å². The lowest BCUT2D eigenvalue weighted by Gasteiger charge is -2.37. The number of nitrogens with zero attached hydrogens (tertiary/aromatic N) is 4. The third-order valence-corrected chi connectivity index (χ3v) is 4.75. The molecule has 148 valence electrons. The summed E-state index contributed by atoms with van der Waals surface area (Å²) in [7, 11) is 0. The number of halogens is 3. The highest BCUT2D eigenvalue weighted by atomic mass is 19.4. The molecule has 0 unspecified atom stereocenters. The molecule has 10 heteroatoms. The Morgan fingerprint density at radius 1 is 1.22 bits per heavy atom. The van der Waals surface area contributed by atoms with Gasteiger partial charge in [0.1, 0.15) is 0 Å². The van der Waals surface area contributed by atoms with Crippen LogP contribution in [0.5, 0.6) is 0 Å². The van der Waals surface area contributed by atoms with Crippen molar-refractivity contribution in [1.82, 2.24) is 14.9 Å². The number of piperidine rings is 1. The lowest BCUT2D eigenvalue weighted by molar-refractivity contribution is -0.192. The van der Waals surface area contributed by atoms with Gasteiger partial charge in [0.2, 0.25) is 11.9 Å². The van der Waals surface area contributed by atoms with Crippen LogP contribution in [0.2, 0.25) is 0 Å². The molecule has 0 bridgehead atoms. The molecule has 2 aliphatic heterocycles. The SMILES string of the molecule is C=CCN1CCC2(CCN(c3ncccn3)CC2)C1=O.O=C(O)C(F)(F)F. The summed E-state index contributed by atoms with van der Waals surface area (Å²) < 4.78 is 31.7. The van der Waals surface area contributed by atoms with Gasteiger partial charge in [-0.3, -0.25) is 4.79 Å². The van der Waals surface area contributed by atoms with Crippen LogP contribution in [0.3, 0.4) is 0 Å². The van der Waals surface area contributed by atoms with Crippen molar-refractivity contribution in [1.29, 1.82) is 0 Å². The van der Waals surface area contributed by atoms with Crippen molar-refractivity contribution in [3.05, 3.63) is 31.1 Å². The highest BCUT2D eigenvalue weighted by Crippen LogP contribution is 2.41. The second-order valence-corrected chi connectivity index (χ2v) is 6.41. The molecule has 27 heavy (non-hydrogen) atoms. The Kier molecular flexibility index (Phi) is 6.40. The molecule has 1 aromatic rings. The number of anilines is 1. The first kappa shape index (κ1) is 20.7. The number of alkyl halides is 3. The number of carboxylic acid groups (broad SMARTS) is 1. The van der Waals surface area contributed by atoms with Crippen molar-refractivity contribution in [2.75, 3.05) is 31.1 Å². The van der Waals surface area contributed by atoms with E-state index in [-0.39, 0.29) is 5.41 Å². The number of carboxylic acids is 1. The minimum Gasteiger partial charge on any atom is -0.475 e. The van der Waals surface area contributed by atoms with E-state index in [9.17, 15) is 18.0 Å². The molecule has 1 N–H and O–H groups in total. The molecule has 2 fully saturated rings. The highest BCUT2D eigenvalue weighted by molar-refractivity contribution is 5.85. The topological polar surface area (TPSA) is 86.6 Å². The Bertz CT molecular complexity index is 674. The van der Waals surface area contributed by atoms with E-state index < -0.39 is 12.1 Å². The van der Waals surface area contributed by atoms with Crippen LogP contribution < -0.4 is 4.90 Å². The van der Waals surface area contributed by atoms with Crippen LogP contribution in [0.1, 0.15) is 19.3 Å². The lowest BCUT2D eigenvalue weighted by Crippen LogP contribution is -2.45. The van der Waals surface area contributed by atoms with Gasteiger partial charge in [0.15, 0.2) is 0 Å². The van der Waals surface area contributed by atoms with E-state index in [2.05, 4.69) is 21.4 Å². The normalized spacial score (nSPS) is 18.9. The zero-order chi connectivity index (χ0) is 20.1. The summed E-state index contributed by atoms with van der Waals surface area (Å²) in [5.41, 5.74) is -0.145. The summed E-state index contributed by atoms with van der Waals surface area (Å²) >= 11 is 0. The van der Waals surface area contributed by atoms with Crippen LogP contribution in [-0.4, -0.2) is 64.2 Å². The first-order chi connectivity index (χ1) is 12.7. The molecular formula is C17H21F3N4O3. The molecule has 3 heterocycles. The summed E-state index contributed by atoms with van der Waals surface area (Å²) in [6, 6.07) is 1.82. The monoisotopic (exact) mass is 386 g/mol. The van der Waals surface area contributed by atoms with Gasteiger partial charge in [0, 0.05) is 38.6 Å². The maximum Gasteiger partial charge on any atom is 0.490 e. The number of aliphatic carboxylic acids is 1. The number of likely N-dealkylation sites (tertiary alicyclic amines) is 1. The van der Waals surface area contributed by atoms with Crippen molar-refractivity contribution in [2.24, 2.45) is 5.41 Å². The standard InChI is InChI=1S/C15H20N4O.C2HF3O2/c1-2-9-18-10-4-15(13(18)20)5-11-19(12-6-15)14-16-7-3-8-17-14;3-2(4,5)1(6)7/h2-3,7-8H,1,4-6,9-12H2;(H,6,7). The highest BCUT2D eigenvalue weighted by Gasteiger charge is 2.47. The van der Waals surface area contributed by atoms with Crippen LogP contribution in [0.4, 0.5) is 19.1 Å². The molecule has 2 saturated heterocycles. The molecule has 0 saturated carbocycles. The van der Waals surface area contributed by atoms with E-state index in [1.807, 2.05) is 17.0 Å². The second kappa shape index (κ2) is 8.36. The fourth-order valence-corrected chi connectivity index (χ4v) is 3.28. The van der Waals surface area contributed by atoms with Gasteiger partial charge >= 0.3 is 12.1 Å². The van der Waals surface area contributed by atoms with Gasteiger partial charge in [-0.1, -0.05) is 6.08 Å². The van der Waals surface area contributed by atoms with Crippen molar-refractivity contribution >= 4 is 17.8 Å². The first-order valence-corrected chi connectivity index (χ1v) is 8.42. The number of carbonyl (C=O) groups excluding carboxylic acids is 1. The van der Waals surface area contributed by atoms with Gasteiger partial charge in [0.05, 0.1) is 5.41 Å². The number of amides is 1. The average Bonchev–Trinajstić information content (AvgIpc) is 2.93. The number of hydrogen-bond acceptors (Lipinski definition) is 5. The van der Waals surface area contributed by atoms with Gasteiger partial charge in [-0.25, -0.2) is 14.8 Å². The number of aromatic nitrogens is 2. The van der Waals surface area contributed by atoms with Gasteiger partial charge in [-0.05, 0) is 25.3 Å². The predicted octanol–water partition coefficient (Wildman–Crippen LogP) is 2.11. The largest absolute Gasteiger partial charge is 0.490 e. The van der Waals surface area contributed by atoms with Crippen LogP contribution in [0.25, 0.3) is 0 Å². The lowest BCUT2D eigenvalue weighted by atomic mass is 9.77. The van der Waals surface area contributed by atoms with Crippen LogP contribution in [-0.2, 0) is 9.59 Å². The molecule has 1 amide bonds. The van der Waals surface area contributed by atoms with Gasteiger partial charge < -0.3 is 14.9 Å². The summed E-state index contributed by atoms with van der Waals surface area (Å²) in [5, 5.41) is 7.12. The molecular weight excluding hydrogens is 365 g/mol. The van der Waals surface area contributed by atoms with E-state index in [0.29, 0.717) is 12.5 Å². The van der Waals surface area contributed by atoms with Crippen molar-refractivity contribution in [3.8, 4) is 0 Å². The number of rotatable bonds is 3. The molecule has 0 aromatic carbocycles. The summed E-state index contributed by atoms with van der Waals surface area (Å²) in [6.07, 6.45) is 3.03. The van der Waals surface area contributed by atoms with Crippen molar-refractivity contribution in [3.63, 3.8) is 0 Å². The van der Waals surface area contributed by atoms with E-state index in [0.717, 1.165) is 44.8 Å². The molecule has 0 aliphatic carbocycles. The molecule has 1 spiro atoms. The Morgan fingerprint density at radius 3 is 2.22 bits per heavy atom. The summed E-state index contributed by atoms with van der Waals surface area (Å²) in [6.45, 7) is 6.98. The fraction of sp³-hybridized carbons (Fsp3) is 0.529. The first-order valence-electron chi connectivity index (χ1n) is 8.42. The molecule has 1 aromatic heterocycles. The average molecular weight is 386 g/mol. The van der Waals surface area contributed by atoms with E-state index >= 15 is 0 Å². The third-order valence-electron chi connectivity index (χ3n) is 4.75. The number of carbonyl (C=O) groups is 2. The third kappa shape index (κ3) is 4.95. The second-order valence-electron chi connectivity index (χ2n) is 6.41. The molecule has 7 nitrogen and oxygen atoms in total. The quantitative estimate of drug-likeness (QED) is 0.801. The maximum absolute atomic E-state index is 12.5. The van der Waals surface area contributed by atoms with E-state index in [1.54, 1.807) is 12.4 Å². The van der Waals surface area contributed by atoms with Gasteiger partial charge in [0.25, 0.3) is 0 Å². The van der Waals surface area contributed by atoms with E-state index in [4.69, 9.17) is 9.90 Å². The molecule has 2 aliphatic rings. The van der Waals surface area contributed by atoms with E-state index in [1.165, 1.54) is 0 Å². The predicted molar refractivity (Wildman–Crippen MR) is 91.0 cm³/mol. The summed E-state index contributed by atoms with van der Waals surface area (Å²) in [5.74, 6) is -1.67. The molecule has 0 atom stereocenters. The van der Waals surface area contributed by atoms with Crippen molar-refractivity contribution in [2.45, 2.75) is 25.4 Å². The maximum atomic E-state index is 12.5. The van der Waals surface area contributed by atoms with Crippen molar-refractivity contribution < 1.29 is 27.9 Å². The summed E-state index contributed by atoms with van der Waals surface area (Å²) in [4.78, 5) is 34.1. The number of hydrogen-bond donors (Lipinski definition) is 1. The minimum absolute atomic E-state index is 0.145. The molecule has 0 radical (unpaired) electrons. The van der Waals surface area contributed by atoms with Crippen LogP contribution in [0, 0.1) is 5.41 Å². The molecule has 3 rings (SSSR count). The van der Waals surface area contributed by atoms with Crippen LogP contribution in [0.15, 0.2) is 31.1 Å². The Hall–Kier alpha value is -2.65. The Balaban J connectivity index is 0.000000321. The smallest absolute Gasteiger partial charge is 0.475 e. The zero-order valence-electron chi connectivity index (χ0n) is 14.7.